The van der Waals surface area contributed by atoms with Gasteiger partial charge < -0.3 is 15.6 Å². The van der Waals surface area contributed by atoms with E-state index in [9.17, 15) is 9.90 Å². The van der Waals surface area contributed by atoms with E-state index in [4.69, 9.17) is 10.5 Å². The fourth-order valence-corrected chi connectivity index (χ4v) is 1.90. The number of carbonyl (C=O) groups excluding carboxylic acids is 1. The molecule has 1 aliphatic heterocycles. The molecular formula is C11H14N2O3. The van der Waals surface area contributed by atoms with Crippen molar-refractivity contribution in [1.82, 2.24) is 4.90 Å². The molecule has 0 fully saturated rings. The van der Waals surface area contributed by atoms with Crippen molar-refractivity contribution in [2.75, 3.05) is 20.2 Å². The van der Waals surface area contributed by atoms with Crippen LogP contribution in [0.3, 0.4) is 0 Å². The molecule has 1 unspecified atom stereocenters. The Labute approximate surface area is 93.4 Å². The third-order valence-corrected chi connectivity index (χ3v) is 2.69. The molecule has 1 aromatic rings. The molecule has 1 heterocycles. The SMILES string of the molecule is CN(CC(N)=O)C1COc2cc(O)ccc21. The van der Waals surface area contributed by atoms with Gasteiger partial charge in [0.15, 0.2) is 0 Å². The van der Waals surface area contributed by atoms with E-state index in [1.807, 2.05) is 11.9 Å². The second-order valence-electron chi connectivity index (χ2n) is 3.93. The van der Waals surface area contributed by atoms with Crippen molar-refractivity contribution < 1.29 is 14.6 Å². The van der Waals surface area contributed by atoms with Gasteiger partial charge in [0.1, 0.15) is 18.1 Å². The van der Waals surface area contributed by atoms with Crippen LogP contribution in [0.5, 0.6) is 11.5 Å². The number of fused-ring (bicyclic) bond motifs is 1. The van der Waals surface area contributed by atoms with Crippen LogP contribution in [-0.2, 0) is 4.79 Å². The van der Waals surface area contributed by atoms with E-state index in [1.165, 1.54) is 0 Å². The number of hydrogen-bond donors (Lipinski definition) is 2. The smallest absolute Gasteiger partial charge is 0.231 e. The number of nitrogens with two attached hydrogens (primary N) is 1. The summed E-state index contributed by atoms with van der Waals surface area (Å²) in [5.74, 6) is 0.480. The molecule has 16 heavy (non-hydrogen) atoms. The van der Waals surface area contributed by atoms with E-state index in [1.54, 1.807) is 18.2 Å². The predicted molar refractivity (Wildman–Crippen MR) is 58.2 cm³/mol. The average molecular weight is 222 g/mol. The number of ether oxygens (including phenoxy) is 1. The Hall–Kier alpha value is -1.75. The predicted octanol–water partition coefficient (Wildman–Crippen LogP) is 0.243. The van der Waals surface area contributed by atoms with Crippen LogP contribution in [0.15, 0.2) is 18.2 Å². The zero-order chi connectivity index (χ0) is 11.7. The maximum Gasteiger partial charge on any atom is 0.231 e. The van der Waals surface area contributed by atoms with Gasteiger partial charge >= 0.3 is 0 Å². The number of likely N-dealkylation sites (N-methyl/N-ethyl adjacent to an activating group) is 1. The molecule has 0 spiro atoms. The molecule has 0 radical (unpaired) electrons. The quantitative estimate of drug-likeness (QED) is 0.768. The van der Waals surface area contributed by atoms with Gasteiger partial charge in [0.2, 0.25) is 5.91 Å². The number of phenols is 1. The van der Waals surface area contributed by atoms with Crippen molar-refractivity contribution in [2.24, 2.45) is 5.73 Å². The van der Waals surface area contributed by atoms with Crippen LogP contribution < -0.4 is 10.5 Å². The van der Waals surface area contributed by atoms with Crippen LogP contribution in [0.25, 0.3) is 0 Å². The minimum Gasteiger partial charge on any atom is -0.508 e. The fraction of sp³-hybridized carbons (Fsp3) is 0.364. The standard InChI is InChI=1S/C11H14N2O3/c1-13(5-11(12)15)9-6-16-10-4-7(14)2-3-8(9)10/h2-4,9,14H,5-6H2,1H3,(H2,12,15). The Bertz CT molecular complexity index is 420. The number of aromatic hydroxyl groups is 1. The molecule has 5 heteroatoms. The summed E-state index contributed by atoms with van der Waals surface area (Å²) >= 11 is 0. The Morgan fingerprint density at radius 2 is 2.44 bits per heavy atom. The van der Waals surface area contributed by atoms with Gasteiger partial charge in [-0.15, -0.1) is 0 Å². The fourth-order valence-electron chi connectivity index (χ4n) is 1.90. The van der Waals surface area contributed by atoms with Gasteiger partial charge in [-0.1, -0.05) is 0 Å². The summed E-state index contributed by atoms with van der Waals surface area (Å²) < 4.78 is 5.44. The third-order valence-electron chi connectivity index (χ3n) is 2.69. The summed E-state index contributed by atoms with van der Waals surface area (Å²) in [5, 5.41) is 9.30. The summed E-state index contributed by atoms with van der Waals surface area (Å²) in [4.78, 5) is 12.7. The number of rotatable bonds is 3. The van der Waals surface area contributed by atoms with Gasteiger partial charge in [0.05, 0.1) is 12.6 Å². The number of primary amides is 1. The highest BCUT2D eigenvalue weighted by Gasteiger charge is 2.28. The Balaban J connectivity index is 2.20. The lowest BCUT2D eigenvalue weighted by Gasteiger charge is -2.21. The van der Waals surface area contributed by atoms with E-state index in [0.717, 1.165) is 5.56 Å². The average Bonchev–Trinajstić information content (AvgIpc) is 2.59. The molecule has 0 aliphatic carbocycles. The van der Waals surface area contributed by atoms with Crippen molar-refractivity contribution in [1.29, 1.82) is 0 Å². The lowest BCUT2D eigenvalue weighted by molar-refractivity contribution is -0.119. The van der Waals surface area contributed by atoms with E-state index in [0.29, 0.717) is 12.4 Å². The molecule has 1 amide bonds. The van der Waals surface area contributed by atoms with Gasteiger partial charge in [0.25, 0.3) is 0 Å². The largest absolute Gasteiger partial charge is 0.508 e. The first-order valence-electron chi connectivity index (χ1n) is 5.02. The summed E-state index contributed by atoms with van der Waals surface area (Å²) in [6.07, 6.45) is 0. The number of nitrogens with zero attached hydrogens (tertiary/aromatic N) is 1. The van der Waals surface area contributed by atoms with Crippen molar-refractivity contribution in [3.8, 4) is 11.5 Å². The van der Waals surface area contributed by atoms with Crippen LogP contribution in [0.2, 0.25) is 0 Å². The zero-order valence-electron chi connectivity index (χ0n) is 9.01. The molecular weight excluding hydrogens is 208 g/mol. The Morgan fingerprint density at radius 1 is 1.69 bits per heavy atom. The van der Waals surface area contributed by atoms with Gasteiger partial charge in [-0.3, -0.25) is 9.69 Å². The summed E-state index contributed by atoms with van der Waals surface area (Å²) in [7, 11) is 1.82. The van der Waals surface area contributed by atoms with Crippen LogP contribution in [0.4, 0.5) is 0 Å². The first-order chi connectivity index (χ1) is 7.58. The van der Waals surface area contributed by atoms with E-state index < -0.39 is 0 Å². The number of carbonyl (C=O) groups is 1. The molecule has 1 atom stereocenters. The second kappa shape index (κ2) is 4.02. The van der Waals surface area contributed by atoms with Crippen LogP contribution in [-0.4, -0.2) is 36.1 Å². The maximum atomic E-state index is 10.8. The van der Waals surface area contributed by atoms with E-state index >= 15 is 0 Å². The van der Waals surface area contributed by atoms with E-state index in [-0.39, 0.29) is 24.2 Å². The van der Waals surface area contributed by atoms with Crippen molar-refractivity contribution in [3.63, 3.8) is 0 Å². The Morgan fingerprint density at radius 3 is 3.12 bits per heavy atom. The summed E-state index contributed by atoms with van der Waals surface area (Å²) in [6.45, 7) is 0.664. The molecule has 86 valence electrons. The molecule has 1 aromatic carbocycles. The highest BCUT2D eigenvalue weighted by Crippen LogP contribution is 2.37. The molecule has 0 aromatic heterocycles. The monoisotopic (exact) mass is 222 g/mol. The van der Waals surface area contributed by atoms with E-state index in [2.05, 4.69) is 0 Å². The van der Waals surface area contributed by atoms with Crippen molar-refractivity contribution in [3.05, 3.63) is 23.8 Å². The lowest BCUT2D eigenvalue weighted by atomic mass is 10.1. The second-order valence-corrected chi connectivity index (χ2v) is 3.93. The zero-order valence-corrected chi connectivity index (χ0v) is 9.01. The molecule has 0 saturated heterocycles. The summed E-state index contributed by atoms with van der Waals surface area (Å²) in [5.41, 5.74) is 6.12. The van der Waals surface area contributed by atoms with Crippen LogP contribution in [0.1, 0.15) is 11.6 Å². The maximum absolute atomic E-state index is 10.8. The highest BCUT2D eigenvalue weighted by molar-refractivity contribution is 5.76. The first-order valence-corrected chi connectivity index (χ1v) is 5.02. The molecule has 2 rings (SSSR count). The molecule has 3 N–H and O–H groups in total. The number of amides is 1. The molecule has 5 nitrogen and oxygen atoms in total. The topological polar surface area (TPSA) is 75.8 Å². The minimum absolute atomic E-state index is 0.0168. The number of hydrogen-bond acceptors (Lipinski definition) is 4. The number of benzene rings is 1. The van der Waals surface area contributed by atoms with Crippen LogP contribution in [0, 0.1) is 0 Å². The van der Waals surface area contributed by atoms with Gasteiger partial charge in [-0.2, -0.15) is 0 Å². The van der Waals surface area contributed by atoms with Gasteiger partial charge in [0, 0.05) is 11.6 Å². The molecule has 1 aliphatic rings. The summed E-state index contributed by atoms with van der Waals surface area (Å²) in [6, 6.07) is 5.01. The molecule has 0 bridgehead atoms. The minimum atomic E-state index is -0.366. The first kappa shape index (κ1) is 10.8. The van der Waals surface area contributed by atoms with Crippen molar-refractivity contribution >= 4 is 5.91 Å². The van der Waals surface area contributed by atoms with Gasteiger partial charge in [-0.25, -0.2) is 0 Å². The van der Waals surface area contributed by atoms with Crippen molar-refractivity contribution in [2.45, 2.75) is 6.04 Å². The third kappa shape index (κ3) is 1.94. The normalized spacial score (nSPS) is 18.2. The Kier molecular flexibility index (Phi) is 2.70. The highest BCUT2D eigenvalue weighted by atomic mass is 16.5. The van der Waals surface area contributed by atoms with Gasteiger partial charge in [-0.05, 0) is 19.2 Å². The molecule has 0 saturated carbocycles. The van der Waals surface area contributed by atoms with Crippen LogP contribution >= 0.6 is 0 Å². The lowest BCUT2D eigenvalue weighted by Crippen LogP contribution is -2.34. The number of phenolic OH excluding ortho intramolecular Hbond substituents is 1.